The van der Waals surface area contributed by atoms with Crippen LogP contribution in [0.25, 0.3) is 33.4 Å². The molecule has 8 heteroatoms. The van der Waals surface area contributed by atoms with Crippen LogP contribution in [0.2, 0.25) is 0 Å². The molecule has 536 valence electrons. The van der Waals surface area contributed by atoms with Gasteiger partial charge in [0.05, 0.1) is 9.06 Å². The smallest absolute Gasteiger partial charge is 0.186 e. The van der Waals surface area contributed by atoms with Crippen molar-refractivity contribution in [3.63, 3.8) is 0 Å². The van der Waals surface area contributed by atoms with Crippen molar-refractivity contribution in [1.29, 1.82) is 0 Å². The van der Waals surface area contributed by atoms with Crippen LogP contribution in [0.15, 0.2) is 140 Å². The van der Waals surface area contributed by atoms with E-state index in [9.17, 15) is 0 Å². The first-order chi connectivity index (χ1) is 44.7. The Kier molecular flexibility index (Phi) is 19.9. The summed E-state index contributed by atoms with van der Waals surface area (Å²) in [5.74, 6) is -0.0420. The SMILES string of the molecule is CC(C)(C)C1=CC(=c2s/c(=c3\sc(=C4C=C(C(C)(C)C)C(=O)C(C(C)(C)C)=C4)c(=C4C=C(C(C)(C)C)C(=O)C(C(C)(C)C)=C4)c3=C3C=C(C(C)(C)C)C(=O)C(C(C)(C)C)=C3)c(=C3C=C(C(C)(C)C)C(=O)C(C(C)(C)C)=C3)c2=C2C=C(C(C)(C)C)C(=O)C(C(C)(C)C)=C2)C=C(C(C)(C)C)C1=O. The molecular weight excluding hydrogens is 1270 g/mol. The summed E-state index contributed by atoms with van der Waals surface area (Å²) in [7, 11) is 0. The van der Waals surface area contributed by atoms with Gasteiger partial charge in [0.25, 0.3) is 0 Å². The highest BCUT2D eigenvalue weighted by atomic mass is 32.1. The summed E-state index contributed by atoms with van der Waals surface area (Å²) in [6.45, 7) is 75.8. The molecule has 2 aromatic rings. The number of rotatable bonds is 0. The molecule has 6 aliphatic rings. The minimum absolute atomic E-state index is 0.00127. The van der Waals surface area contributed by atoms with Crippen LogP contribution in [0.5, 0.6) is 0 Å². The van der Waals surface area contributed by atoms with Crippen LogP contribution in [0, 0.1) is 74.0 Å². The maximum absolute atomic E-state index is 15.6. The van der Waals surface area contributed by atoms with Gasteiger partial charge in [0, 0.05) is 96.8 Å². The normalized spacial score (nSPS) is 19.5. The second kappa shape index (κ2) is 25.2. The van der Waals surface area contributed by atoms with Crippen molar-refractivity contribution in [2.45, 2.75) is 249 Å². The molecule has 100 heavy (non-hydrogen) atoms. The molecule has 0 bridgehead atoms. The Morgan fingerprint density at radius 3 is 0.370 bits per heavy atom. The van der Waals surface area contributed by atoms with E-state index in [1.807, 2.05) is 0 Å². The first kappa shape index (κ1) is 79.2. The topological polar surface area (TPSA) is 102 Å². The Bertz CT molecular complexity index is 4420. The van der Waals surface area contributed by atoms with Gasteiger partial charge in [0.1, 0.15) is 0 Å². The lowest BCUT2D eigenvalue weighted by molar-refractivity contribution is -0.114. The van der Waals surface area contributed by atoms with Gasteiger partial charge in [0.15, 0.2) is 34.7 Å². The lowest BCUT2D eigenvalue weighted by Crippen LogP contribution is -2.41. The van der Waals surface area contributed by atoms with Gasteiger partial charge in [-0.3, -0.25) is 28.8 Å². The van der Waals surface area contributed by atoms with E-state index >= 15 is 28.8 Å². The second-order valence-corrected chi connectivity index (χ2v) is 43.5. The maximum Gasteiger partial charge on any atom is 0.186 e. The maximum atomic E-state index is 15.6. The van der Waals surface area contributed by atoms with Crippen molar-refractivity contribution in [2.24, 2.45) is 65.0 Å². The van der Waals surface area contributed by atoms with Gasteiger partial charge in [-0.25, -0.2) is 0 Å². The number of allylic oxidation sites excluding steroid dienone is 24. The summed E-state index contributed by atoms with van der Waals surface area (Å²) in [5.41, 5.74) is 5.72. The van der Waals surface area contributed by atoms with Crippen LogP contribution in [-0.4, -0.2) is 34.7 Å². The van der Waals surface area contributed by atoms with Crippen molar-refractivity contribution in [3.05, 3.63) is 179 Å². The summed E-state index contributed by atoms with van der Waals surface area (Å²) in [6.07, 6.45) is 25.4. The highest BCUT2D eigenvalue weighted by molar-refractivity contribution is 7.11. The third-order valence-electron chi connectivity index (χ3n) is 19.9. The largest absolute Gasteiger partial charge is 0.289 e. The Hall–Kier alpha value is -6.48. The Labute approximate surface area is 608 Å². The molecule has 0 atom stereocenters. The zero-order valence-electron chi connectivity index (χ0n) is 68.2. The third kappa shape index (κ3) is 15.3. The van der Waals surface area contributed by atoms with Gasteiger partial charge in [-0.05, 0) is 171 Å². The van der Waals surface area contributed by atoms with Crippen molar-refractivity contribution < 1.29 is 28.8 Å². The van der Waals surface area contributed by atoms with E-state index in [1.54, 1.807) is 22.7 Å². The summed E-state index contributed by atoms with van der Waals surface area (Å²) >= 11 is 3.31. The molecule has 0 saturated heterocycles. The van der Waals surface area contributed by atoms with Gasteiger partial charge < -0.3 is 0 Å². The van der Waals surface area contributed by atoms with Crippen molar-refractivity contribution in [1.82, 2.24) is 0 Å². The summed E-state index contributed by atoms with van der Waals surface area (Å²) < 4.78 is 3.51. The fourth-order valence-corrected chi connectivity index (χ4v) is 16.8. The Morgan fingerprint density at radius 1 is 0.160 bits per heavy atom. The molecule has 0 radical (unpaired) electrons. The average Bonchev–Trinajstić information content (AvgIpc) is 1.53. The first-order valence-electron chi connectivity index (χ1n) is 36.2. The molecule has 0 spiro atoms. The third-order valence-corrected chi connectivity index (χ3v) is 22.6. The van der Waals surface area contributed by atoms with Crippen molar-refractivity contribution in [2.75, 3.05) is 0 Å². The van der Waals surface area contributed by atoms with E-state index in [0.717, 1.165) is 72.4 Å². The highest BCUT2D eigenvalue weighted by Gasteiger charge is 2.42. The van der Waals surface area contributed by atoms with E-state index in [1.165, 1.54) is 0 Å². The lowest BCUT2D eigenvalue weighted by atomic mass is 9.71. The Balaban J connectivity index is 2.15. The molecule has 0 amide bonds. The molecule has 0 aromatic carbocycles. The second-order valence-electron chi connectivity index (χ2n) is 41.4. The zero-order valence-corrected chi connectivity index (χ0v) is 69.8. The van der Waals surface area contributed by atoms with Gasteiger partial charge >= 0.3 is 0 Å². The molecule has 2 aromatic heterocycles. The fraction of sp³-hybridized carbons (Fsp3) is 0.522. The zero-order chi connectivity index (χ0) is 76.4. The molecule has 0 saturated carbocycles. The van der Waals surface area contributed by atoms with E-state index in [-0.39, 0.29) is 34.7 Å². The summed E-state index contributed by atoms with van der Waals surface area (Å²) in [6, 6.07) is 0. The standard InChI is InChI=1S/C92H120O6S2/c1-81(2,3)55-37-49(38-56(71(55)93)82(4,5)6)67-69(51-41-59(85(13,14)15)73(95)60(42-51)86(16,17)18)79(99-77(67)53-45-63(89(25,26)27)75(97)64(46-53)90(28,29)30)80-70(52-43-61(87(19,20)21)74(96)62(44-52)88(22,23)24)68(50-39-57(83(7,8)9)72(94)58(40-50)84(10,11)12)78(100-80)54-47-65(91(31,32)33)76(98)66(48-54)92(34,35)36/h37-48H,1-36H3/b80-79-. The van der Waals surface area contributed by atoms with Crippen LogP contribution in [-0.2, 0) is 28.8 Å². The molecular formula is C92H120O6S2. The van der Waals surface area contributed by atoms with Crippen LogP contribution in [0.3, 0.4) is 0 Å². The number of carbonyl (C=O) groups is 6. The predicted molar refractivity (Wildman–Crippen MR) is 425 cm³/mol. The number of hydrogen-bond donors (Lipinski definition) is 0. The van der Waals surface area contributed by atoms with Gasteiger partial charge in [-0.15, -0.1) is 22.7 Å². The number of carbonyl (C=O) groups excluding carboxylic acids is 6. The quantitative estimate of drug-likeness (QED) is 0.260. The number of thiophene rings is 2. The molecule has 0 N–H and O–H groups in total. The molecule has 8 rings (SSSR count). The van der Waals surface area contributed by atoms with Crippen molar-refractivity contribution in [3.8, 4) is 0 Å². The number of hydrogen-bond acceptors (Lipinski definition) is 8. The van der Waals surface area contributed by atoms with E-state index in [2.05, 4.69) is 322 Å². The predicted octanol–water partition coefficient (Wildman–Crippen LogP) is 19.2. The van der Waals surface area contributed by atoms with E-state index in [4.69, 9.17) is 0 Å². The summed E-state index contributed by atoms with van der Waals surface area (Å²) in [4.78, 5) is 92.8. The van der Waals surface area contributed by atoms with E-state index in [0.29, 0.717) is 66.9 Å². The Morgan fingerprint density at radius 2 is 0.260 bits per heavy atom. The number of Topliss-reactive ketones (excluding diaryl/α,β-unsaturated/α-hetero) is 6. The molecule has 6 aliphatic carbocycles. The van der Waals surface area contributed by atoms with Crippen LogP contribution >= 0.6 is 22.7 Å². The van der Waals surface area contributed by atoms with Gasteiger partial charge in [0.2, 0.25) is 0 Å². The number of ketones is 6. The molecule has 0 fully saturated rings. The van der Waals surface area contributed by atoms with Crippen molar-refractivity contribution >= 4 is 90.8 Å². The van der Waals surface area contributed by atoms with Gasteiger partial charge in [-0.1, -0.05) is 249 Å². The molecule has 0 aliphatic heterocycles. The highest BCUT2D eigenvalue weighted by Crippen LogP contribution is 2.46. The fourth-order valence-electron chi connectivity index (χ4n) is 14.0. The molecule has 2 heterocycles. The van der Waals surface area contributed by atoms with Gasteiger partial charge in [-0.2, -0.15) is 0 Å². The van der Waals surface area contributed by atoms with E-state index < -0.39 is 65.0 Å². The monoisotopic (exact) mass is 1380 g/mol. The summed E-state index contributed by atoms with van der Waals surface area (Å²) in [5, 5.41) is 3.42. The van der Waals surface area contributed by atoms with Crippen LogP contribution in [0.1, 0.15) is 249 Å². The molecule has 0 unspecified atom stereocenters. The minimum atomic E-state index is -0.629. The first-order valence-corrected chi connectivity index (χ1v) is 37.9. The molecule has 6 nitrogen and oxygen atoms in total. The minimum Gasteiger partial charge on any atom is -0.289 e. The average molecular weight is 1390 g/mol. The van der Waals surface area contributed by atoms with Crippen LogP contribution < -0.4 is 29.9 Å². The van der Waals surface area contributed by atoms with Crippen LogP contribution in [0.4, 0.5) is 0 Å². The lowest BCUT2D eigenvalue weighted by Gasteiger charge is -2.32.